The number of hydrogen-bond acceptors (Lipinski definition) is 3. The van der Waals surface area contributed by atoms with Gasteiger partial charge in [-0.15, -0.1) is 0 Å². The van der Waals surface area contributed by atoms with Crippen molar-refractivity contribution in [2.24, 2.45) is 10.8 Å². The zero-order valence-electron chi connectivity index (χ0n) is 14.3. The zero-order valence-corrected chi connectivity index (χ0v) is 14.3. The van der Waals surface area contributed by atoms with Crippen LogP contribution in [-0.2, 0) is 9.53 Å². The SMILES string of the molecule is CCNCC(C)(C)CC(C)(CC)C(=O)NCCOCC. The summed E-state index contributed by atoms with van der Waals surface area (Å²) in [4.78, 5) is 12.4. The average molecular weight is 286 g/mol. The first-order chi connectivity index (χ1) is 9.31. The molecule has 0 aliphatic rings. The molecule has 1 unspecified atom stereocenters. The van der Waals surface area contributed by atoms with E-state index in [-0.39, 0.29) is 16.7 Å². The normalized spacial score (nSPS) is 14.9. The van der Waals surface area contributed by atoms with E-state index in [1.807, 2.05) is 6.92 Å². The minimum atomic E-state index is -0.314. The lowest BCUT2D eigenvalue weighted by Gasteiger charge is -2.36. The van der Waals surface area contributed by atoms with Crippen molar-refractivity contribution in [2.45, 2.75) is 54.4 Å². The minimum Gasteiger partial charge on any atom is -0.380 e. The smallest absolute Gasteiger partial charge is 0.226 e. The fraction of sp³-hybridized carbons (Fsp3) is 0.938. The summed E-state index contributed by atoms with van der Waals surface area (Å²) < 4.78 is 5.26. The summed E-state index contributed by atoms with van der Waals surface area (Å²) in [5, 5.41) is 6.39. The first-order valence-electron chi connectivity index (χ1n) is 7.88. The van der Waals surface area contributed by atoms with Gasteiger partial charge in [0.25, 0.3) is 0 Å². The second-order valence-electron chi connectivity index (χ2n) is 6.49. The molecular formula is C16H34N2O2. The molecule has 4 nitrogen and oxygen atoms in total. The Hall–Kier alpha value is -0.610. The molecule has 0 aromatic carbocycles. The Morgan fingerprint density at radius 3 is 2.30 bits per heavy atom. The summed E-state index contributed by atoms with van der Waals surface area (Å²) in [5.74, 6) is 0.143. The molecule has 0 aromatic heterocycles. The van der Waals surface area contributed by atoms with Gasteiger partial charge < -0.3 is 15.4 Å². The third-order valence-electron chi connectivity index (χ3n) is 3.79. The van der Waals surface area contributed by atoms with Crippen molar-refractivity contribution in [3.8, 4) is 0 Å². The molecule has 0 bridgehead atoms. The van der Waals surface area contributed by atoms with Crippen LogP contribution < -0.4 is 10.6 Å². The highest BCUT2D eigenvalue weighted by Gasteiger charge is 2.36. The van der Waals surface area contributed by atoms with Crippen LogP contribution in [0.2, 0.25) is 0 Å². The third-order valence-corrected chi connectivity index (χ3v) is 3.79. The molecule has 0 spiro atoms. The summed E-state index contributed by atoms with van der Waals surface area (Å²) >= 11 is 0. The minimum absolute atomic E-state index is 0.109. The van der Waals surface area contributed by atoms with Gasteiger partial charge in [-0.2, -0.15) is 0 Å². The number of carbonyl (C=O) groups is 1. The van der Waals surface area contributed by atoms with Crippen LogP contribution >= 0.6 is 0 Å². The van der Waals surface area contributed by atoms with Gasteiger partial charge in [-0.3, -0.25) is 4.79 Å². The molecule has 0 aliphatic carbocycles. The van der Waals surface area contributed by atoms with Gasteiger partial charge in [0.2, 0.25) is 5.91 Å². The van der Waals surface area contributed by atoms with Crippen molar-refractivity contribution < 1.29 is 9.53 Å². The molecule has 1 amide bonds. The predicted molar refractivity (Wildman–Crippen MR) is 84.8 cm³/mol. The summed E-state index contributed by atoms with van der Waals surface area (Å²) in [7, 11) is 0. The molecule has 0 saturated heterocycles. The van der Waals surface area contributed by atoms with Crippen LogP contribution in [0.3, 0.4) is 0 Å². The van der Waals surface area contributed by atoms with Gasteiger partial charge in [-0.1, -0.05) is 34.6 Å². The summed E-state index contributed by atoms with van der Waals surface area (Å²) in [6.07, 6.45) is 1.73. The third kappa shape index (κ3) is 7.25. The predicted octanol–water partition coefficient (Wildman–Crippen LogP) is 2.58. The molecule has 0 heterocycles. The maximum Gasteiger partial charge on any atom is 0.226 e. The number of carbonyl (C=O) groups excluding carboxylic acids is 1. The van der Waals surface area contributed by atoms with E-state index in [2.05, 4.69) is 45.3 Å². The average Bonchev–Trinajstić information content (AvgIpc) is 2.40. The van der Waals surface area contributed by atoms with Gasteiger partial charge in [0.05, 0.1) is 6.61 Å². The van der Waals surface area contributed by atoms with Crippen molar-refractivity contribution in [1.29, 1.82) is 0 Å². The summed E-state index contributed by atoms with van der Waals surface area (Å²) in [6.45, 7) is 16.4. The lowest BCUT2D eigenvalue weighted by molar-refractivity contribution is -0.132. The number of hydrogen-bond donors (Lipinski definition) is 2. The van der Waals surface area contributed by atoms with E-state index in [4.69, 9.17) is 4.74 Å². The first-order valence-corrected chi connectivity index (χ1v) is 7.88. The van der Waals surface area contributed by atoms with E-state index in [1.54, 1.807) is 0 Å². The zero-order chi connectivity index (χ0) is 15.6. The maximum atomic E-state index is 12.4. The molecule has 1 atom stereocenters. The fourth-order valence-electron chi connectivity index (χ4n) is 2.54. The Bertz CT molecular complexity index is 280. The van der Waals surface area contributed by atoms with Crippen LogP contribution in [-0.4, -0.2) is 38.8 Å². The second kappa shape index (κ2) is 9.35. The Morgan fingerprint density at radius 1 is 1.15 bits per heavy atom. The Kier molecular flexibility index (Phi) is 9.06. The lowest BCUT2D eigenvalue weighted by atomic mass is 9.71. The molecule has 120 valence electrons. The molecule has 2 N–H and O–H groups in total. The highest BCUT2D eigenvalue weighted by Crippen LogP contribution is 2.36. The molecule has 0 radical (unpaired) electrons. The van der Waals surface area contributed by atoms with E-state index in [0.29, 0.717) is 19.8 Å². The lowest BCUT2D eigenvalue weighted by Crippen LogP contribution is -2.44. The maximum absolute atomic E-state index is 12.4. The van der Waals surface area contributed by atoms with Crippen molar-refractivity contribution in [2.75, 3.05) is 32.8 Å². The van der Waals surface area contributed by atoms with Crippen LogP contribution in [0, 0.1) is 10.8 Å². The van der Waals surface area contributed by atoms with E-state index < -0.39 is 0 Å². The Morgan fingerprint density at radius 2 is 1.80 bits per heavy atom. The standard InChI is InChI=1S/C16H34N2O2/c1-7-16(6,12-15(4,5)13-17-8-2)14(19)18-10-11-20-9-3/h17H,7-13H2,1-6H3,(H,18,19). The Balaban J connectivity index is 4.46. The molecule has 20 heavy (non-hydrogen) atoms. The fourth-order valence-corrected chi connectivity index (χ4v) is 2.54. The van der Waals surface area contributed by atoms with Gasteiger partial charge in [-0.05, 0) is 31.7 Å². The number of amides is 1. The highest BCUT2D eigenvalue weighted by atomic mass is 16.5. The van der Waals surface area contributed by atoms with Crippen molar-refractivity contribution in [1.82, 2.24) is 10.6 Å². The van der Waals surface area contributed by atoms with Crippen molar-refractivity contribution in [3.63, 3.8) is 0 Å². The number of ether oxygens (including phenoxy) is 1. The summed E-state index contributed by atoms with van der Waals surface area (Å²) in [6, 6.07) is 0. The van der Waals surface area contributed by atoms with Gasteiger partial charge in [0.1, 0.15) is 0 Å². The molecule has 0 fully saturated rings. The van der Waals surface area contributed by atoms with Crippen molar-refractivity contribution >= 4 is 5.91 Å². The van der Waals surface area contributed by atoms with Gasteiger partial charge >= 0.3 is 0 Å². The van der Waals surface area contributed by atoms with Crippen LogP contribution in [0.15, 0.2) is 0 Å². The highest BCUT2D eigenvalue weighted by molar-refractivity contribution is 5.82. The van der Waals surface area contributed by atoms with E-state index in [1.165, 1.54) is 0 Å². The molecule has 0 aromatic rings. The van der Waals surface area contributed by atoms with Gasteiger partial charge in [0, 0.05) is 25.1 Å². The monoisotopic (exact) mass is 286 g/mol. The molecular weight excluding hydrogens is 252 g/mol. The molecule has 0 saturated carbocycles. The quantitative estimate of drug-likeness (QED) is 0.574. The van der Waals surface area contributed by atoms with Gasteiger partial charge in [0.15, 0.2) is 0 Å². The van der Waals surface area contributed by atoms with Crippen molar-refractivity contribution in [3.05, 3.63) is 0 Å². The molecule has 4 heteroatoms. The van der Waals surface area contributed by atoms with Crippen LogP contribution in [0.1, 0.15) is 54.4 Å². The van der Waals surface area contributed by atoms with Crippen LogP contribution in [0.4, 0.5) is 0 Å². The number of nitrogens with one attached hydrogen (secondary N) is 2. The van der Waals surface area contributed by atoms with E-state index in [9.17, 15) is 4.79 Å². The van der Waals surface area contributed by atoms with E-state index >= 15 is 0 Å². The molecule has 0 aliphatic heterocycles. The van der Waals surface area contributed by atoms with Gasteiger partial charge in [-0.25, -0.2) is 0 Å². The topological polar surface area (TPSA) is 50.4 Å². The second-order valence-corrected chi connectivity index (χ2v) is 6.49. The summed E-state index contributed by atoms with van der Waals surface area (Å²) in [5.41, 5.74) is -0.205. The van der Waals surface area contributed by atoms with Crippen LogP contribution in [0.25, 0.3) is 0 Å². The van der Waals surface area contributed by atoms with Crippen LogP contribution in [0.5, 0.6) is 0 Å². The first kappa shape index (κ1) is 19.4. The molecule has 0 rings (SSSR count). The largest absolute Gasteiger partial charge is 0.380 e. The number of rotatable bonds is 11. The van der Waals surface area contributed by atoms with E-state index in [0.717, 1.165) is 25.9 Å². The Labute approximate surface area is 125 Å².